The first kappa shape index (κ1) is 15.1. The fourth-order valence-electron chi connectivity index (χ4n) is 3.28. The van der Waals surface area contributed by atoms with E-state index >= 15 is 0 Å². The Hall–Kier alpha value is -0.340. The summed E-state index contributed by atoms with van der Waals surface area (Å²) < 4.78 is 0. The molecule has 2 heteroatoms. The van der Waals surface area contributed by atoms with Gasteiger partial charge in [-0.2, -0.15) is 0 Å². The average molecular weight is 279 g/mol. The van der Waals surface area contributed by atoms with Crippen LogP contribution in [0.4, 0.5) is 0 Å². The van der Waals surface area contributed by atoms with E-state index in [1.54, 1.807) is 0 Å². The van der Waals surface area contributed by atoms with Crippen molar-refractivity contribution in [3.8, 4) is 0 Å². The zero-order valence-electron chi connectivity index (χ0n) is 12.7. The van der Waals surface area contributed by atoms with E-state index in [4.69, 9.17) is 0 Å². The van der Waals surface area contributed by atoms with Gasteiger partial charge in [0.1, 0.15) is 0 Å². The van der Waals surface area contributed by atoms with Crippen molar-refractivity contribution < 1.29 is 0 Å². The Balaban J connectivity index is 1.78. The number of nitrogens with one attached hydrogen (secondary N) is 1. The summed E-state index contributed by atoms with van der Waals surface area (Å²) in [5, 5.41) is 3.85. The predicted octanol–water partition coefficient (Wildman–Crippen LogP) is 5.32. The summed E-state index contributed by atoms with van der Waals surface area (Å²) in [6, 6.07) is 5.87. The summed E-state index contributed by atoms with van der Waals surface area (Å²) >= 11 is 1.98. The van der Waals surface area contributed by atoms with Crippen LogP contribution in [0.5, 0.6) is 0 Å². The summed E-state index contributed by atoms with van der Waals surface area (Å²) in [4.78, 5) is 3.02. The molecule has 0 saturated heterocycles. The van der Waals surface area contributed by atoms with Gasteiger partial charge in [-0.15, -0.1) is 11.3 Å². The molecule has 0 spiro atoms. The molecule has 1 fully saturated rings. The van der Waals surface area contributed by atoms with E-state index in [1.165, 1.54) is 54.7 Å². The Kier molecular flexibility index (Phi) is 5.90. The maximum Gasteiger partial charge on any atom is 0.0388 e. The fraction of sp³-hybridized carbons (Fsp3) is 0.765. The van der Waals surface area contributed by atoms with Gasteiger partial charge in [-0.25, -0.2) is 0 Å². The summed E-state index contributed by atoms with van der Waals surface area (Å²) in [6.45, 7) is 6.88. The van der Waals surface area contributed by atoms with Gasteiger partial charge in [0.15, 0.2) is 0 Å². The molecule has 1 aromatic rings. The van der Waals surface area contributed by atoms with Crippen LogP contribution in [0.1, 0.15) is 75.1 Å². The van der Waals surface area contributed by atoms with Gasteiger partial charge < -0.3 is 5.32 Å². The topological polar surface area (TPSA) is 12.0 Å². The van der Waals surface area contributed by atoms with Crippen LogP contribution in [0.3, 0.4) is 0 Å². The SMILES string of the molecule is CCCC1CCC(NC(C)c2ccc(CC)s2)CC1. The van der Waals surface area contributed by atoms with Crippen LogP contribution in [-0.2, 0) is 6.42 Å². The van der Waals surface area contributed by atoms with E-state index in [-0.39, 0.29) is 0 Å². The molecule has 1 nitrogen and oxygen atoms in total. The minimum atomic E-state index is 0.526. The zero-order valence-corrected chi connectivity index (χ0v) is 13.6. The molecule has 1 atom stereocenters. The third-order valence-corrected chi connectivity index (χ3v) is 5.90. The highest BCUT2D eigenvalue weighted by Crippen LogP contribution is 2.30. The Morgan fingerprint density at radius 3 is 2.53 bits per heavy atom. The number of rotatable bonds is 6. The second-order valence-corrected chi connectivity index (χ2v) is 7.25. The van der Waals surface area contributed by atoms with Gasteiger partial charge in [-0.1, -0.05) is 26.7 Å². The van der Waals surface area contributed by atoms with Crippen molar-refractivity contribution in [3.63, 3.8) is 0 Å². The van der Waals surface area contributed by atoms with Gasteiger partial charge in [0.25, 0.3) is 0 Å². The Labute approximate surface area is 122 Å². The Morgan fingerprint density at radius 1 is 1.21 bits per heavy atom. The minimum Gasteiger partial charge on any atom is -0.307 e. The first-order valence-electron chi connectivity index (χ1n) is 8.07. The van der Waals surface area contributed by atoms with E-state index in [9.17, 15) is 0 Å². The van der Waals surface area contributed by atoms with Crippen LogP contribution in [0.2, 0.25) is 0 Å². The predicted molar refractivity (Wildman–Crippen MR) is 85.9 cm³/mol. The smallest absolute Gasteiger partial charge is 0.0388 e. The van der Waals surface area contributed by atoms with Gasteiger partial charge in [0.05, 0.1) is 0 Å². The molecule has 0 amide bonds. The molecule has 1 N–H and O–H groups in total. The summed E-state index contributed by atoms with van der Waals surface area (Å²) in [6.07, 6.45) is 9.58. The number of hydrogen-bond donors (Lipinski definition) is 1. The quantitative estimate of drug-likeness (QED) is 0.743. The van der Waals surface area contributed by atoms with Gasteiger partial charge in [-0.3, -0.25) is 0 Å². The molecular weight excluding hydrogens is 250 g/mol. The van der Waals surface area contributed by atoms with E-state index in [0.717, 1.165) is 12.0 Å². The Morgan fingerprint density at radius 2 is 1.95 bits per heavy atom. The van der Waals surface area contributed by atoms with Crippen LogP contribution in [-0.4, -0.2) is 6.04 Å². The average Bonchev–Trinajstić information content (AvgIpc) is 2.90. The van der Waals surface area contributed by atoms with E-state index in [1.807, 2.05) is 11.3 Å². The minimum absolute atomic E-state index is 0.526. The van der Waals surface area contributed by atoms with Crippen LogP contribution in [0.25, 0.3) is 0 Å². The second-order valence-electron chi connectivity index (χ2n) is 6.05. The lowest BCUT2D eigenvalue weighted by molar-refractivity contribution is 0.267. The van der Waals surface area contributed by atoms with Crippen molar-refractivity contribution in [1.82, 2.24) is 5.32 Å². The summed E-state index contributed by atoms with van der Waals surface area (Å²) in [7, 11) is 0. The maximum absolute atomic E-state index is 3.85. The lowest BCUT2D eigenvalue weighted by atomic mass is 9.83. The van der Waals surface area contributed by atoms with E-state index in [2.05, 4.69) is 38.2 Å². The van der Waals surface area contributed by atoms with E-state index < -0.39 is 0 Å². The molecule has 108 valence electrons. The van der Waals surface area contributed by atoms with Crippen molar-refractivity contribution in [2.45, 2.75) is 77.8 Å². The van der Waals surface area contributed by atoms with Crippen molar-refractivity contribution >= 4 is 11.3 Å². The van der Waals surface area contributed by atoms with Crippen molar-refractivity contribution in [2.24, 2.45) is 5.92 Å². The molecule has 1 heterocycles. The van der Waals surface area contributed by atoms with Gasteiger partial charge in [-0.05, 0) is 57.1 Å². The number of hydrogen-bond acceptors (Lipinski definition) is 2. The maximum atomic E-state index is 3.85. The normalized spacial score (nSPS) is 25.4. The monoisotopic (exact) mass is 279 g/mol. The molecule has 1 aliphatic rings. The van der Waals surface area contributed by atoms with Gasteiger partial charge >= 0.3 is 0 Å². The molecule has 0 aliphatic heterocycles. The molecule has 1 unspecified atom stereocenters. The summed E-state index contributed by atoms with van der Waals surface area (Å²) in [5.41, 5.74) is 0. The van der Waals surface area contributed by atoms with E-state index in [0.29, 0.717) is 6.04 Å². The zero-order chi connectivity index (χ0) is 13.7. The molecule has 0 aromatic carbocycles. The molecular formula is C17H29NS. The molecule has 0 radical (unpaired) electrons. The molecule has 1 aliphatic carbocycles. The standard InChI is InChI=1S/C17H29NS/c1-4-6-14-7-9-15(10-8-14)18-13(3)17-12-11-16(5-2)19-17/h11-15,18H,4-10H2,1-3H3. The number of aryl methyl sites for hydroxylation is 1. The van der Waals surface area contributed by atoms with Crippen LogP contribution < -0.4 is 5.32 Å². The Bertz CT molecular complexity index is 363. The molecule has 1 saturated carbocycles. The molecule has 0 bridgehead atoms. The number of thiophene rings is 1. The first-order valence-corrected chi connectivity index (χ1v) is 8.89. The molecule has 19 heavy (non-hydrogen) atoms. The van der Waals surface area contributed by atoms with Crippen molar-refractivity contribution in [2.75, 3.05) is 0 Å². The van der Waals surface area contributed by atoms with Gasteiger partial charge in [0, 0.05) is 21.8 Å². The fourth-order valence-corrected chi connectivity index (χ4v) is 4.24. The van der Waals surface area contributed by atoms with Crippen molar-refractivity contribution in [1.29, 1.82) is 0 Å². The molecule has 2 rings (SSSR count). The van der Waals surface area contributed by atoms with Gasteiger partial charge in [0.2, 0.25) is 0 Å². The van der Waals surface area contributed by atoms with Crippen molar-refractivity contribution in [3.05, 3.63) is 21.9 Å². The second kappa shape index (κ2) is 7.44. The third kappa shape index (κ3) is 4.32. The first-order chi connectivity index (χ1) is 9.22. The third-order valence-electron chi connectivity index (χ3n) is 4.49. The highest BCUT2D eigenvalue weighted by Gasteiger charge is 2.22. The lowest BCUT2D eigenvalue weighted by Crippen LogP contribution is -2.34. The lowest BCUT2D eigenvalue weighted by Gasteiger charge is -2.31. The summed E-state index contributed by atoms with van der Waals surface area (Å²) in [5.74, 6) is 1.01. The molecule has 1 aromatic heterocycles. The van der Waals surface area contributed by atoms with Crippen LogP contribution in [0, 0.1) is 5.92 Å². The highest BCUT2D eigenvalue weighted by atomic mass is 32.1. The largest absolute Gasteiger partial charge is 0.307 e. The van der Waals surface area contributed by atoms with Crippen LogP contribution in [0.15, 0.2) is 12.1 Å². The van der Waals surface area contributed by atoms with Crippen LogP contribution >= 0.6 is 11.3 Å². The highest BCUT2D eigenvalue weighted by molar-refractivity contribution is 7.12.